The second-order valence-corrected chi connectivity index (χ2v) is 47.4. The van der Waals surface area contributed by atoms with Crippen molar-refractivity contribution in [3.05, 3.63) is 129 Å². The van der Waals surface area contributed by atoms with Crippen molar-refractivity contribution in [1.82, 2.24) is 0 Å². The van der Waals surface area contributed by atoms with Crippen molar-refractivity contribution in [1.29, 1.82) is 0 Å². The Balaban J connectivity index is 0.00000260. The number of hydrogen-bond donors (Lipinski definition) is 0. The maximum Gasteiger partial charge on any atom is -0.147 e. The molecule has 0 nitrogen and oxygen atoms in total. The van der Waals surface area contributed by atoms with Crippen LogP contribution in [0, 0.1) is 5.92 Å². The van der Waals surface area contributed by atoms with E-state index in [0.717, 1.165) is 6.42 Å². The van der Waals surface area contributed by atoms with Crippen molar-refractivity contribution in [2.45, 2.75) is 89.7 Å². The van der Waals surface area contributed by atoms with E-state index in [4.69, 9.17) is 0 Å². The first-order valence-electron chi connectivity index (χ1n) is 17.6. The van der Waals surface area contributed by atoms with Crippen LogP contribution in [0.15, 0.2) is 96.1 Å². The fraction of sp³-hybridized carbons (Fsp3) is 0.364. The molecule has 0 fully saturated rings. The molecule has 2 aliphatic rings. The van der Waals surface area contributed by atoms with Crippen LogP contribution in [0.1, 0.15) is 108 Å². The summed E-state index contributed by atoms with van der Waals surface area (Å²) in [6.07, 6.45) is 6.32. The van der Waals surface area contributed by atoms with Gasteiger partial charge in [-0.3, -0.25) is 0 Å². The molecule has 0 bridgehead atoms. The summed E-state index contributed by atoms with van der Waals surface area (Å²) in [6, 6.07) is 33.0. The Kier molecular flexibility index (Phi) is 11.3. The number of fused-ring (bicyclic) bond motifs is 2. The van der Waals surface area contributed by atoms with Crippen LogP contribution in [0.25, 0.3) is 34.4 Å². The Morgan fingerprint density at radius 1 is 0.646 bits per heavy atom. The van der Waals surface area contributed by atoms with E-state index >= 15 is 0 Å². The minimum Gasteiger partial charge on any atom is -0.147 e. The van der Waals surface area contributed by atoms with Crippen molar-refractivity contribution >= 4 is 43.8 Å². The molecule has 0 aliphatic heterocycles. The van der Waals surface area contributed by atoms with Crippen LogP contribution in [-0.4, -0.2) is 6.88 Å². The molecular weight excluding hydrogens is 719 g/mol. The van der Waals surface area contributed by atoms with Gasteiger partial charge in [-0.05, 0) is 0 Å². The van der Waals surface area contributed by atoms with E-state index in [-0.39, 0.29) is 30.2 Å². The molecule has 6 rings (SSSR count). The van der Waals surface area contributed by atoms with Gasteiger partial charge in [0.1, 0.15) is 0 Å². The average molecular weight is 775 g/mol. The molecule has 48 heavy (non-hydrogen) atoms. The van der Waals surface area contributed by atoms with Gasteiger partial charge in [-0.25, -0.2) is 0 Å². The number of allylic oxidation sites excluding steroid dienone is 2. The fourth-order valence-electron chi connectivity index (χ4n) is 8.74. The molecule has 0 saturated carbocycles. The molecule has 0 saturated heterocycles. The third kappa shape index (κ3) is 6.74. The maximum absolute atomic E-state index is 3.69. The minimum absolute atomic E-state index is 0. The Morgan fingerprint density at radius 3 is 1.58 bits per heavy atom. The smallest absolute Gasteiger partial charge is 0.147 e. The number of halogens is 2. The Hall–Kier alpha value is -1.96. The molecule has 0 N–H and O–H groups in total. The van der Waals surface area contributed by atoms with Crippen molar-refractivity contribution < 1.29 is 17.4 Å². The molecule has 4 heteroatoms. The average Bonchev–Trinajstić information content (AvgIpc) is 3.61. The Morgan fingerprint density at radius 2 is 1.12 bits per heavy atom. The van der Waals surface area contributed by atoms with E-state index in [0.29, 0.717) is 19.1 Å². The molecule has 254 valence electrons. The monoisotopic (exact) mass is 772 g/mol. The van der Waals surface area contributed by atoms with E-state index in [1.807, 2.05) is 0 Å². The van der Waals surface area contributed by atoms with Gasteiger partial charge >= 0.3 is 284 Å². The standard InChI is InChI=1S/C22H25.C20H21.2CH3.2ClH.H2Si.Zr/c1-15(2)18-13-17-7-6-8-20(21(17)14-18)16-9-11-19(12-10-16)22(3,4)5;1-4-15-12-18-6-5-7-19(20(18)13-15)17-10-8-16(9-11-17)14(2)3;;;;;;/h6-15H,1-5H3;5-14H,4H2,1-3H3;2*1H3;2*1H;1H2;. The predicted molar refractivity (Wildman–Crippen MR) is 218 cm³/mol. The zero-order valence-electron chi connectivity index (χ0n) is 30.8. The van der Waals surface area contributed by atoms with Gasteiger partial charge in [-0.1, -0.05) is 0 Å². The third-order valence-electron chi connectivity index (χ3n) is 11.2. The Bertz CT molecular complexity index is 1930. The fourth-order valence-corrected chi connectivity index (χ4v) is 28.8. The first-order chi connectivity index (χ1) is 21.6. The molecule has 0 spiro atoms. The number of rotatable bonds is 7. The van der Waals surface area contributed by atoms with Crippen LogP contribution in [0.4, 0.5) is 0 Å². The topological polar surface area (TPSA) is 0 Å². The first kappa shape index (κ1) is 38.8. The normalized spacial score (nSPS) is 17.4. The molecule has 4 aromatic rings. The number of hydrogen-bond acceptors (Lipinski definition) is 0. The van der Waals surface area contributed by atoms with Gasteiger partial charge in [-0.2, -0.15) is 0 Å². The van der Waals surface area contributed by atoms with Crippen molar-refractivity contribution in [3.8, 4) is 22.3 Å². The molecule has 0 amide bonds. The summed E-state index contributed by atoms with van der Waals surface area (Å²) in [5.41, 5.74) is 17.8. The van der Waals surface area contributed by atoms with Gasteiger partial charge in [0.05, 0.1) is 0 Å². The van der Waals surface area contributed by atoms with Crippen molar-refractivity contribution in [2.24, 2.45) is 5.92 Å². The minimum atomic E-state index is -3.69. The molecule has 0 aromatic heterocycles. The van der Waals surface area contributed by atoms with E-state index < -0.39 is 17.4 Å². The van der Waals surface area contributed by atoms with Crippen molar-refractivity contribution in [3.63, 3.8) is 0 Å². The third-order valence-corrected chi connectivity index (χ3v) is 28.6. The van der Waals surface area contributed by atoms with E-state index in [1.165, 1.54) is 44.5 Å². The summed E-state index contributed by atoms with van der Waals surface area (Å²) in [5, 5.41) is 0. The zero-order chi connectivity index (χ0) is 33.2. The molecule has 2 atom stereocenters. The second kappa shape index (κ2) is 14.0. The maximum atomic E-state index is 2.79. The summed E-state index contributed by atoms with van der Waals surface area (Å²) < 4.78 is 6.62. The van der Waals surface area contributed by atoms with Crippen LogP contribution in [-0.2, 0) is 22.8 Å². The Labute approximate surface area is 306 Å². The molecule has 0 radical (unpaired) electrons. The van der Waals surface area contributed by atoms with Crippen LogP contribution in [0.2, 0.25) is 9.26 Å². The van der Waals surface area contributed by atoms with Gasteiger partial charge in [0.25, 0.3) is 0 Å². The number of benzene rings is 4. The first-order valence-corrected chi connectivity index (χ1v) is 31.2. The van der Waals surface area contributed by atoms with Crippen LogP contribution < -0.4 is 0 Å². The van der Waals surface area contributed by atoms with Crippen LogP contribution >= 0.6 is 24.8 Å². The molecule has 2 aliphatic carbocycles. The second-order valence-electron chi connectivity index (χ2n) is 16.9. The largest absolute Gasteiger partial charge is 0.147 e. The van der Waals surface area contributed by atoms with Crippen LogP contribution in [0.5, 0.6) is 0 Å². The quantitative estimate of drug-likeness (QED) is 0.164. The van der Waals surface area contributed by atoms with Gasteiger partial charge in [-0.15, -0.1) is 24.8 Å². The van der Waals surface area contributed by atoms with E-state index in [9.17, 15) is 0 Å². The summed E-state index contributed by atoms with van der Waals surface area (Å²) in [7, 11) is 0. The summed E-state index contributed by atoms with van der Waals surface area (Å²) in [6.45, 7) is 21.2. The van der Waals surface area contributed by atoms with Gasteiger partial charge < -0.3 is 0 Å². The summed E-state index contributed by atoms with van der Waals surface area (Å²) in [4.78, 5) is 0. The van der Waals surface area contributed by atoms with Gasteiger partial charge in [0.2, 0.25) is 0 Å². The predicted octanol–water partition coefficient (Wildman–Crippen LogP) is 13.3. The molecule has 0 heterocycles. The molecule has 4 aromatic carbocycles. The van der Waals surface area contributed by atoms with E-state index in [1.54, 1.807) is 22.3 Å². The van der Waals surface area contributed by atoms with Gasteiger partial charge in [0.15, 0.2) is 0 Å². The van der Waals surface area contributed by atoms with Crippen molar-refractivity contribution in [2.75, 3.05) is 0 Å². The summed E-state index contributed by atoms with van der Waals surface area (Å²) >= 11 is -3.69. The summed E-state index contributed by atoms with van der Waals surface area (Å²) in [5.74, 6) is 1.05. The van der Waals surface area contributed by atoms with Crippen LogP contribution in [0.3, 0.4) is 0 Å². The zero-order valence-corrected chi connectivity index (χ0v) is 36.3. The molecular formula is C44H56Cl2SiZr. The molecule has 2 unspecified atom stereocenters. The van der Waals surface area contributed by atoms with Gasteiger partial charge in [0, 0.05) is 0 Å². The van der Waals surface area contributed by atoms with E-state index in [2.05, 4.69) is 169 Å². The SMILES string of the molecule is CCC1=Cc2c(-c3ccc(C(C)C)cc3)cccc2[CH]1[Zr]([CH3])([CH3])(=[SiH2])[CH]1C(C(C)C)=Cc2c(-c3ccc(C(C)(C)C)cc3)cccc21.Cl.Cl.